The van der Waals surface area contributed by atoms with E-state index in [0.717, 1.165) is 48.6 Å². The second-order valence-electron chi connectivity index (χ2n) is 4.93. The molecule has 1 fully saturated rings. The van der Waals surface area contributed by atoms with Crippen LogP contribution in [-0.2, 0) is 4.74 Å². The van der Waals surface area contributed by atoms with Crippen LogP contribution in [0, 0.1) is 0 Å². The van der Waals surface area contributed by atoms with Crippen LogP contribution in [0.2, 0.25) is 0 Å². The first-order chi connectivity index (χ1) is 9.81. The van der Waals surface area contributed by atoms with Gasteiger partial charge in [0.1, 0.15) is 10.6 Å². The summed E-state index contributed by atoms with van der Waals surface area (Å²) < 4.78 is 5.79. The lowest BCUT2D eigenvalue weighted by atomic mass is 10.1. The number of fused-ring (bicyclic) bond motifs is 1. The van der Waals surface area contributed by atoms with Crippen LogP contribution >= 0.6 is 11.3 Å². The Bertz CT molecular complexity index is 584. The van der Waals surface area contributed by atoms with Crippen LogP contribution in [0.4, 0.5) is 11.8 Å². The molecule has 0 amide bonds. The van der Waals surface area contributed by atoms with Crippen molar-refractivity contribution < 1.29 is 4.74 Å². The van der Waals surface area contributed by atoms with Gasteiger partial charge in [0.2, 0.25) is 5.95 Å². The van der Waals surface area contributed by atoms with Crippen LogP contribution in [0.25, 0.3) is 10.2 Å². The van der Waals surface area contributed by atoms with Crippen LogP contribution in [0.3, 0.4) is 0 Å². The first-order valence-electron chi connectivity index (χ1n) is 7.11. The van der Waals surface area contributed by atoms with Gasteiger partial charge in [-0.05, 0) is 31.2 Å². The topological polar surface area (TPSA) is 50.3 Å². The summed E-state index contributed by atoms with van der Waals surface area (Å²) in [4.78, 5) is 12.5. The molecule has 5 nitrogen and oxygen atoms in total. The molecule has 108 valence electrons. The van der Waals surface area contributed by atoms with Gasteiger partial charge in [-0.2, -0.15) is 4.98 Å². The van der Waals surface area contributed by atoms with E-state index in [-0.39, 0.29) is 0 Å². The Morgan fingerprint density at radius 1 is 1.50 bits per heavy atom. The van der Waals surface area contributed by atoms with Crippen molar-refractivity contribution in [2.75, 3.05) is 37.0 Å². The highest BCUT2D eigenvalue weighted by molar-refractivity contribution is 7.16. The highest BCUT2D eigenvalue weighted by atomic mass is 32.1. The van der Waals surface area contributed by atoms with Gasteiger partial charge in [0.15, 0.2) is 0 Å². The van der Waals surface area contributed by atoms with Gasteiger partial charge in [-0.25, -0.2) is 4.98 Å². The monoisotopic (exact) mass is 292 g/mol. The summed E-state index contributed by atoms with van der Waals surface area (Å²) in [7, 11) is 1.86. The van der Waals surface area contributed by atoms with E-state index in [4.69, 9.17) is 4.74 Å². The third-order valence-electron chi connectivity index (χ3n) is 3.61. The minimum absolute atomic E-state index is 0.315. The van der Waals surface area contributed by atoms with Crippen molar-refractivity contribution in [1.82, 2.24) is 9.97 Å². The summed E-state index contributed by atoms with van der Waals surface area (Å²) in [5.41, 5.74) is 0. The van der Waals surface area contributed by atoms with Gasteiger partial charge < -0.3 is 15.0 Å². The van der Waals surface area contributed by atoms with Crippen LogP contribution in [-0.4, -0.2) is 42.8 Å². The normalized spacial score (nSPS) is 19.5. The SMILES string of the molecule is CCOC1CCCN(c2nc(NC)nc3sccc23)C1. The summed E-state index contributed by atoms with van der Waals surface area (Å²) in [6.45, 7) is 4.78. The highest BCUT2D eigenvalue weighted by Gasteiger charge is 2.23. The fourth-order valence-electron chi connectivity index (χ4n) is 2.69. The summed E-state index contributed by atoms with van der Waals surface area (Å²) in [5, 5.41) is 6.27. The van der Waals surface area contributed by atoms with Crippen LogP contribution in [0.15, 0.2) is 11.4 Å². The van der Waals surface area contributed by atoms with Gasteiger partial charge in [-0.3, -0.25) is 0 Å². The number of anilines is 2. The fourth-order valence-corrected chi connectivity index (χ4v) is 3.45. The van der Waals surface area contributed by atoms with Crippen molar-refractivity contribution >= 4 is 33.3 Å². The Labute approximate surface area is 123 Å². The zero-order valence-electron chi connectivity index (χ0n) is 11.9. The maximum atomic E-state index is 5.79. The molecule has 1 unspecified atom stereocenters. The van der Waals surface area contributed by atoms with Gasteiger partial charge in [-0.15, -0.1) is 11.3 Å². The van der Waals surface area contributed by atoms with Gasteiger partial charge in [0.05, 0.1) is 11.5 Å². The quantitative estimate of drug-likeness (QED) is 0.939. The molecule has 0 radical (unpaired) electrons. The Morgan fingerprint density at radius 2 is 2.40 bits per heavy atom. The van der Waals surface area contributed by atoms with Crippen molar-refractivity contribution in [3.05, 3.63) is 11.4 Å². The van der Waals surface area contributed by atoms with E-state index in [1.807, 2.05) is 7.05 Å². The molecule has 1 N–H and O–H groups in total. The average molecular weight is 292 g/mol. The molecule has 2 aromatic rings. The summed E-state index contributed by atoms with van der Waals surface area (Å²) in [6.07, 6.45) is 2.60. The predicted molar refractivity (Wildman–Crippen MR) is 83.8 cm³/mol. The third-order valence-corrected chi connectivity index (χ3v) is 4.42. The zero-order chi connectivity index (χ0) is 13.9. The van der Waals surface area contributed by atoms with Crippen LogP contribution in [0.5, 0.6) is 0 Å². The molecule has 3 rings (SSSR count). The maximum absolute atomic E-state index is 5.79. The number of thiophene rings is 1. The van der Waals surface area contributed by atoms with Crippen molar-refractivity contribution in [1.29, 1.82) is 0 Å². The number of hydrogen-bond acceptors (Lipinski definition) is 6. The smallest absolute Gasteiger partial charge is 0.225 e. The molecule has 6 heteroatoms. The van der Waals surface area contributed by atoms with Crippen molar-refractivity contribution in [2.24, 2.45) is 0 Å². The van der Waals surface area contributed by atoms with Crippen molar-refractivity contribution in [2.45, 2.75) is 25.9 Å². The first-order valence-corrected chi connectivity index (χ1v) is 7.99. The van der Waals surface area contributed by atoms with Gasteiger partial charge in [0.25, 0.3) is 0 Å². The molecule has 0 spiro atoms. The summed E-state index contributed by atoms with van der Waals surface area (Å²) in [5.74, 6) is 1.72. The van der Waals surface area contributed by atoms with E-state index >= 15 is 0 Å². The lowest BCUT2D eigenvalue weighted by Gasteiger charge is -2.33. The molecule has 1 saturated heterocycles. The minimum atomic E-state index is 0.315. The molecule has 1 atom stereocenters. The van der Waals surface area contributed by atoms with E-state index in [0.29, 0.717) is 12.1 Å². The molecule has 0 aliphatic carbocycles. The Hall–Kier alpha value is -1.40. The Morgan fingerprint density at radius 3 is 3.20 bits per heavy atom. The largest absolute Gasteiger partial charge is 0.377 e. The second-order valence-corrected chi connectivity index (χ2v) is 5.82. The lowest BCUT2D eigenvalue weighted by Crippen LogP contribution is -2.40. The number of aromatic nitrogens is 2. The van der Waals surface area contributed by atoms with Crippen molar-refractivity contribution in [3.8, 4) is 0 Å². The number of ether oxygens (including phenoxy) is 1. The standard InChI is InChI=1S/C14H20N4OS/c1-3-19-10-5-4-7-18(9-10)12-11-6-8-20-13(11)17-14(15-2)16-12/h6,8,10H,3-5,7,9H2,1-2H3,(H,15,16,17). The lowest BCUT2D eigenvalue weighted by molar-refractivity contribution is 0.0526. The van der Waals surface area contributed by atoms with Crippen LogP contribution in [0.1, 0.15) is 19.8 Å². The Kier molecular flexibility index (Phi) is 4.03. The maximum Gasteiger partial charge on any atom is 0.225 e. The number of piperidine rings is 1. The highest BCUT2D eigenvalue weighted by Crippen LogP contribution is 2.31. The van der Waals surface area contributed by atoms with E-state index in [2.05, 4.69) is 38.6 Å². The minimum Gasteiger partial charge on any atom is -0.377 e. The van der Waals surface area contributed by atoms with E-state index in [9.17, 15) is 0 Å². The molecule has 2 aromatic heterocycles. The first kappa shape index (κ1) is 13.6. The van der Waals surface area contributed by atoms with E-state index < -0.39 is 0 Å². The zero-order valence-corrected chi connectivity index (χ0v) is 12.7. The van der Waals surface area contributed by atoms with Gasteiger partial charge in [0, 0.05) is 26.7 Å². The molecular formula is C14H20N4OS. The van der Waals surface area contributed by atoms with E-state index in [1.54, 1.807) is 11.3 Å². The van der Waals surface area contributed by atoms with Crippen LogP contribution < -0.4 is 10.2 Å². The molecule has 3 heterocycles. The fraction of sp³-hybridized carbons (Fsp3) is 0.571. The molecule has 0 saturated carbocycles. The Balaban J connectivity index is 1.93. The summed E-state index contributed by atoms with van der Waals surface area (Å²) in [6, 6.07) is 2.11. The number of rotatable bonds is 4. The van der Waals surface area contributed by atoms with E-state index in [1.165, 1.54) is 0 Å². The molecule has 0 bridgehead atoms. The average Bonchev–Trinajstić information content (AvgIpc) is 2.95. The number of hydrogen-bond donors (Lipinski definition) is 1. The van der Waals surface area contributed by atoms with Gasteiger partial charge >= 0.3 is 0 Å². The molecule has 1 aliphatic rings. The number of nitrogens with one attached hydrogen (secondary N) is 1. The molecule has 20 heavy (non-hydrogen) atoms. The predicted octanol–water partition coefficient (Wildman–Crippen LogP) is 2.74. The number of nitrogens with zero attached hydrogens (tertiary/aromatic N) is 3. The molecule has 0 aromatic carbocycles. The third kappa shape index (κ3) is 2.58. The molecule has 1 aliphatic heterocycles. The van der Waals surface area contributed by atoms with Gasteiger partial charge in [-0.1, -0.05) is 0 Å². The summed E-state index contributed by atoms with van der Waals surface area (Å²) >= 11 is 1.66. The van der Waals surface area contributed by atoms with Crippen molar-refractivity contribution in [3.63, 3.8) is 0 Å². The second kappa shape index (κ2) is 5.93. The molecular weight excluding hydrogens is 272 g/mol.